The van der Waals surface area contributed by atoms with Gasteiger partial charge in [0.1, 0.15) is 12.6 Å². The Kier molecular flexibility index (Phi) is 11.1. The molecule has 0 fully saturated rings. The van der Waals surface area contributed by atoms with Crippen molar-refractivity contribution in [3.05, 3.63) is 150 Å². The molecule has 2 N–H and O–H groups in total. The van der Waals surface area contributed by atoms with Crippen LogP contribution in [0.1, 0.15) is 23.1 Å². The zero-order valence-corrected chi connectivity index (χ0v) is 24.0. The second-order valence-corrected chi connectivity index (χ2v) is 11.6. The minimum absolute atomic E-state index is 0.0616. The van der Waals surface area contributed by atoms with Crippen molar-refractivity contribution in [3.8, 4) is 0 Å². The summed E-state index contributed by atoms with van der Waals surface area (Å²) in [4.78, 5) is 26.5. The third kappa shape index (κ3) is 9.74. The highest BCUT2D eigenvalue weighted by Gasteiger charge is 2.24. The quantitative estimate of drug-likeness (QED) is 0.213. The Morgan fingerprint density at radius 1 is 0.690 bits per heavy atom. The van der Waals surface area contributed by atoms with E-state index in [0.717, 1.165) is 22.1 Å². The number of hydrogen-bond acceptors (Lipinski definition) is 5. The van der Waals surface area contributed by atoms with E-state index in [2.05, 4.69) is 10.6 Å². The van der Waals surface area contributed by atoms with Crippen molar-refractivity contribution < 1.29 is 22.7 Å². The predicted octanol–water partition coefficient (Wildman–Crippen LogP) is 5.63. The normalized spacial score (nSPS) is 12.8. The molecule has 7 nitrogen and oxygen atoms in total. The summed E-state index contributed by atoms with van der Waals surface area (Å²) < 4.78 is 31.2. The summed E-state index contributed by atoms with van der Waals surface area (Å²) in [5.74, 6) is -0.449. The van der Waals surface area contributed by atoms with Gasteiger partial charge >= 0.3 is 6.09 Å². The number of hydrogen-bond donors (Lipinski definition) is 2. The molecular weight excluding hydrogens is 548 g/mol. The van der Waals surface area contributed by atoms with Gasteiger partial charge in [-0.1, -0.05) is 115 Å². The van der Waals surface area contributed by atoms with E-state index in [1.54, 1.807) is 18.2 Å². The first kappa shape index (κ1) is 30.3. The maximum Gasteiger partial charge on any atom is 0.408 e. The number of sulfone groups is 1. The summed E-state index contributed by atoms with van der Waals surface area (Å²) in [5, 5.41) is 6.78. The van der Waals surface area contributed by atoms with Crippen LogP contribution in [-0.4, -0.2) is 32.5 Å². The lowest BCUT2D eigenvalue weighted by Crippen LogP contribution is -2.50. The van der Waals surface area contributed by atoms with Crippen LogP contribution in [0.5, 0.6) is 0 Å². The summed E-state index contributed by atoms with van der Waals surface area (Å²) in [6, 6.07) is 34.9. The maximum absolute atomic E-state index is 13.6. The number of aryl methyl sites for hydroxylation is 1. The molecule has 0 spiro atoms. The molecule has 4 aromatic rings. The highest BCUT2D eigenvalue weighted by molar-refractivity contribution is 7.94. The van der Waals surface area contributed by atoms with Crippen LogP contribution in [0.4, 0.5) is 4.79 Å². The van der Waals surface area contributed by atoms with Gasteiger partial charge in [0.25, 0.3) is 0 Å². The molecule has 8 heteroatoms. The molecule has 1 unspecified atom stereocenters. The van der Waals surface area contributed by atoms with E-state index < -0.39 is 33.9 Å². The van der Waals surface area contributed by atoms with Crippen LogP contribution in [0.2, 0.25) is 0 Å². The number of alkyl carbamates (subject to hydrolysis) is 1. The van der Waals surface area contributed by atoms with Crippen molar-refractivity contribution in [2.24, 2.45) is 0 Å². The molecule has 0 radical (unpaired) electrons. The van der Waals surface area contributed by atoms with Gasteiger partial charge in [-0.3, -0.25) is 4.79 Å². The minimum Gasteiger partial charge on any atom is -0.445 e. The van der Waals surface area contributed by atoms with Gasteiger partial charge in [0.2, 0.25) is 5.91 Å². The lowest BCUT2D eigenvalue weighted by molar-refractivity contribution is -0.123. The van der Waals surface area contributed by atoms with Crippen LogP contribution in [-0.2, 0) is 38.8 Å². The number of ether oxygens (including phenoxy) is 1. The SMILES string of the molecule is O=C(NC(Cc1ccccc1)C(=O)N[C@H](/C=C/S(=O)(=O)c1ccccc1)CCc1ccccc1)OCc1ccccc1. The van der Waals surface area contributed by atoms with Crippen molar-refractivity contribution in [3.63, 3.8) is 0 Å². The monoisotopic (exact) mass is 582 g/mol. The summed E-state index contributed by atoms with van der Waals surface area (Å²) in [7, 11) is -3.72. The average Bonchev–Trinajstić information content (AvgIpc) is 3.03. The van der Waals surface area contributed by atoms with Crippen LogP contribution in [0.15, 0.2) is 138 Å². The first-order valence-electron chi connectivity index (χ1n) is 13.7. The minimum atomic E-state index is -3.72. The van der Waals surface area contributed by atoms with Gasteiger partial charge in [-0.2, -0.15) is 0 Å². The number of carbonyl (C=O) groups excluding carboxylic acids is 2. The molecule has 0 saturated heterocycles. The van der Waals surface area contributed by atoms with Crippen molar-refractivity contribution in [2.45, 2.75) is 42.8 Å². The zero-order chi connectivity index (χ0) is 29.6. The van der Waals surface area contributed by atoms with Gasteiger partial charge in [-0.15, -0.1) is 0 Å². The summed E-state index contributed by atoms with van der Waals surface area (Å²) in [6.45, 7) is 0.0616. The van der Waals surface area contributed by atoms with E-state index in [1.807, 2.05) is 91.0 Å². The number of rotatable bonds is 13. The van der Waals surface area contributed by atoms with Crippen LogP contribution >= 0.6 is 0 Å². The predicted molar refractivity (Wildman–Crippen MR) is 163 cm³/mol. The van der Waals surface area contributed by atoms with E-state index in [1.165, 1.54) is 18.2 Å². The first-order chi connectivity index (χ1) is 20.4. The number of amides is 2. The Hall–Kier alpha value is -4.69. The lowest BCUT2D eigenvalue weighted by Gasteiger charge is -2.22. The second kappa shape index (κ2) is 15.3. The average molecular weight is 583 g/mol. The Bertz CT molecular complexity index is 1550. The van der Waals surface area contributed by atoms with Crippen LogP contribution < -0.4 is 10.6 Å². The Labute approximate surface area is 247 Å². The molecule has 4 rings (SSSR count). The molecule has 42 heavy (non-hydrogen) atoms. The van der Waals surface area contributed by atoms with Crippen molar-refractivity contribution in [1.82, 2.24) is 10.6 Å². The molecule has 0 bridgehead atoms. The molecule has 0 saturated carbocycles. The van der Waals surface area contributed by atoms with Gasteiger partial charge in [-0.25, -0.2) is 13.2 Å². The van der Waals surface area contributed by atoms with Gasteiger partial charge < -0.3 is 15.4 Å². The molecule has 0 aliphatic heterocycles. The zero-order valence-electron chi connectivity index (χ0n) is 23.1. The molecule has 2 atom stereocenters. The molecule has 216 valence electrons. The molecule has 0 aromatic heterocycles. The van der Waals surface area contributed by atoms with Crippen molar-refractivity contribution in [2.75, 3.05) is 0 Å². The molecule has 4 aromatic carbocycles. The van der Waals surface area contributed by atoms with Crippen LogP contribution in [0.3, 0.4) is 0 Å². The molecule has 0 heterocycles. The number of carbonyl (C=O) groups is 2. The maximum atomic E-state index is 13.6. The highest BCUT2D eigenvalue weighted by Crippen LogP contribution is 2.14. The van der Waals surface area contributed by atoms with E-state index in [9.17, 15) is 18.0 Å². The fourth-order valence-electron chi connectivity index (χ4n) is 4.32. The topological polar surface area (TPSA) is 102 Å². The lowest BCUT2D eigenvalue weighted by atomic mass is 10.0. The van der Waals surface area contributed by atoms with E-state index in [-0.39, 0.29) is 17.9 Å². The second-order valence-electron chi connectivity index (χ2n) is 9.77. The molecule has 0 aliphatic carbocycles. The third-order valence-electron chi connectivity index (χ3n) is 6.58. The fourth-order valence-corrected chi connectivity index (χ4v) is 5.41. The standard InChI is InChI=1S/C34H34N2O5S/c37-33(32(25-28-15-7-2-8-16-28)36-34(38)41-26-29-17-9-3-10-18-29)35-30(22-21-27-13-5-1-6-14-27)23-24-42(39,40)31-19-11-4-12-20-31/h1-20,23-24,30,32H,21-22,25-26H2,(H,35,37)(H,36,38)/b24-23+/t30-,32?/m0/s1. The van der Waals surface area contributed by atoms with E-state index in [0.29, 0.717) is 12.8 Å². The smallest absolute Gasteiger partial charge is 0.408 e. The van der Waals surface area contributed by atoms with Gasteiger partial charge in [0.15, 0.2) is 9.84 Å². The Morgan fingerprint density at radius 3 is 1.81 bits per heavy atom. The van der Waals surface area contributed by atoms with Crippen molar-refractivity contribution in [1.29, 1.82) is 0 Å². The Morgan fingerprint density at radius 2 is 1.21 bits per heavy atom. The van der Waals surface area contributed by atoms with Crippen LogP contribution in [0, 0.1) is 0 Å². The third-order valence-corrected chi connectivity index (χ3v) is 8.02. The molecule has 2 amide bonds. The van der Waals surface area contributed by atoms with Crippen LogP contribution in [0.25, 0.3) is 0 Å². The van der Waals surface area contributed by atoms with Gasteiger partial charge in [0, 0.05) is 17.9 Å². The van der Waals surface area contributed by atoms with Gasteiger partial charge in [-0.05, 0) is 41.7 Å². The highest BCUT2D eigenvalue weighted by atomic mass is 32.2. The van der Waals surface area contributed by atoms with E-state index in [4.69, 9.17) is 4.74 Å². The largest absolute Gasteiger partial charge is 0.445 e. The summed E-state index contributed by atoms with van der Waals surface area (Å²) in [6.07, 6.45) is 2.06. The first-order valence-corrected chi connectivity index (χ1v) is 15.3. The van der Waals surface area contributed by atoms with E-state index >= 15 is 0 Å². The fraction of sp³-hybridized carbons (Fsp3) is 0.176. The molecular formula is C34H34N2O5S. The number of nitrogens with one attached hydrogen (secondary N) is 2. The number of benzene rings is 4. The Balaban J connectivity index is 1.50. The van der Waals surface area contributed by atoms with Gasteiger partial charge in [0.05, 0.1) is 4.90 Å². The summed E-state index contributed by atoms with van der Waals surface area (Å²) >= 11 is 0. The molecule has 0 aliphatic rings. The summed E-state index contributed by atoms with van der Waals surface area (Å²) in [5.41, 5.74) is 2.73. The van der Waals surface area contributed by atoms with Crippen molar-refractivity contribution >= 4 is 21.8 Å².